The minimum absolute atomic E-state index is 0.0148. The second kappa shape index (κ2) is 18.0. The van der Waals surface area contributed by atoms with Crippen LogP contribution in [0.15, 0.2) is 43.5 Å². The van der Waals surface area contributed by atoms with Gasteiger partial charge in [-0.3, -0.25) is 9.59 Å². The van der Waals surface area contributed by atoms with Gasteiger partial charge in [0.1, 0.15) is 11.9 Å². The average molecular weight is 605 g/mol. The number of rotatable bonds is 20. The van der Waals surface area contributed by atoms with Crippen LogP contribution in [0.4, 0.5) is 0 Å². The summed E-state index contributed by atoms with van der Waals surface area (Å²) in [6.45, 7) is 9.97. The van der Waals surface area contributed by atoms with Crippen LogP contribution in [0.2, 0.25) is 0 Å². The summed E-state index contributed by atoms with van der Waals surface area (Å²) in [5.41, 5.74) is 2.92. The van der Waals surface area contributed by atoms with E-state index in [1.54, 1.807) is 0 Å². The maximum atomic E-state index is 12.8. The molecule has 0 radical (unpaired) electrons. The van der Waals surface area contributed by atoms with E-state index in [4.69, 9.17) is 9.47 Å². The van der Waals surface area contributed by atoms with Crippen LogP contribution < -0.4 is 4.74 Å². The number of benzene rings is 1. The van der Waals surface area contributed by atoms with Gasteiger partial charge in [0.15, 0.2) is 0 Å². The van der Waals surface area contributed by atoms with E-state index < -0.39 is 0 Å². The average Bonchev–Trinajstić information content (AvgIpc) is 3.35. The topological polar surface area (TPSA) is 52.6 Å². The summed E-state index contributed by atoms with van der Waals surface area (Å²) in [6.07, 6.45) is 27.9. The Bertz CT molecular complexity index is 1080. The molecule has 4 heteroatoms. The van der Waals surface area contributed by atoms with E-state index in [-0.39, 0.29) is 23.5 Å². The maximum absolute atomic E-state index is 12.8. The zero-order valence-electron chi connectivity index (χ0n) is 27.8. The van der Waals surface area contributed by atoms with Crippen LogP contribution in [0, 0.1) is 17.3 Å². The monoisotopic (exact) mass is 604 g/mol. The fraction of sp³-hybridized carbons (Fsp3) is 0.700. The quantitative estimate of drug-likeness (QED) is 0.0643. The molecule has 0 unspecified atom stereocenters. The normalized spacial score (nSPS) is 25.4. The van der Waals surface area contributed by atoms with E-state index in [0.717, 1.165) is 64.2 Å². The molecular weight excluding hydrogens is 544 g/mol. The fourth-order valence-corrected chi connectivity index (χ4v) is 8.70. The highest BCUT2D eigenvalue weighted by atomic mass is 16.5. The van der Waals surface area contributed by atoms with Crippen LogP contribution >= 0.6 is 0 Å². The van der Waals surface area contributed by atoms with E-state index in [2.05, 4.69) is 32.2 Å². The molecule has 2 saturated carbocycles. The van der Waals surface area contributed by atoms with Crippen molar-refractivity contribution in [2.24, 2.45) is 17.3 Å². The summed E-state index contributed by atoms with van der Waals surface area (Å²) >= 11 is 0. The molecular formula is C40H60O4. The Morgan fingerprint density at radius 3 is 2.07 bits per heavy atom. The number of hydrogen-bond acceptors (Lipinski definition) is 4. The molecule has 1 aromatic rings. The second-order valence-electron chi connectivity index (χ2n) is 14.2. The third kappa shape index (κ3) is 9.57. The SMILES string of the molecule is C=CCCCCCCCCC(=O)Oc1ccc2c(c1)CC[C@@H]1[C@@H]2CC[C@]2(C)[C@@H](OC(=O)CCCCCCCCC=C)CC[C@@H]12. The van der Waals surface area contributed by atoms with Gasteiger partial charge in [0.25, 0.3) is 0 Å². The molecule has 3 aliphatic rings. The van der Waals surface area contributed by atoms with E-state index in [0.29, 0.717) is 36.3 Å². The summed E-state index contributed by atoms with van der Waals surface area (Å²) in [4.78, 5) is 25.3. The zero-order chi connectivity index (χ0) is 31.2. The number of carbonyl (C=O) groups is 2. The Morgan fingerprint density at radius 1 is 0.795 bits per heavy atom. The van der Waals surface area contributed by atoms with Crippen molar-refractivity contribution in [2.45, 2.75) is 160 Å². The summed E-state index contributed by atoms with van der Waals surface area (Å²) in [6, 6.07) is 6.40. The first kappa shape index (κ1) is 34.5. The molecule has 0 saturated heterocycles. The van der Waals surface area contributed by atoms with Gasteiger partial charge in [-0.1, -0.05) is 76.5 Å². The van der Waals surface area contributed by atoms with E-state index >= 15 is 0 Å². The molecule has 0 bridgehead atoms. The number of hydrogen-bond donors (Lipinski definition) is 0. The van der Waals surface area contributed by atoms with Crippen molar-refractivity contribution in [2.75, 3.05) is 0 Å². The molecule has 0 heterocycles. The maximum Gasteiger partial charge on any atom is 0.311 e. The fourth-order valence-electron chi connectivity index (χ4n) is 8.70. The molecule has 4 nitrogen and oxygen atoms in total. The van der Waals surface area contributed by atoms with Gasteiger partial charge in [0, 0.05) is 18.3 Å². The van der Waals surface area contributed by atoms with Gasteiger partial charge in [0.05, 0.1) is 0 Å². The van der Waals surface area contributed by atoms with E-state index in [1.165, 1.54) is 75.3 Å². The highest BCUT2D eigenvalue weighted by molar-refractivity contribution is 5.72. The first-order valence-corrected chi connectivity index (χ1v) is 18.2. The predicted molar refractivity (Wildman–Crippen MR) is 181 cm³/mol. The molecule has 1 aromatic carbocycles. The van der Waals surface area contributed by atoms with Gasteiger partial charge in [-0.15, -0.1) is 13.2 Å². The summed E-state index contributed by atoms with van der Waals surface area (Å²) in [5, 5.41) is 0. The van der Waals surface area contributed by atoms with Gasteiger partial charge in [-0.25, -0.2) is 0 Å². The lowest BCUT2D eigenvalue weighted by atomic mass is 9.55. The first-order chi connectivity index (χ1) is 21.5. The molecule has 0 amide bonds. The Morgan fingerprint density at radius 2 is 1.41 bits per heavy atom. The number of allylic oxidation sites excluding steroid dienone is 2. The van der Waals surface area contributed by atoms with Gasteiger partial charge in [-0.05, 0) is 118 Å². The lowest BCUT2D eigenvalue weighted by Gasteiger charge is -2.50. The Labute approximate surface area is 268 Å². The second-order valence-corrected chi connectivity index (χ2v) is 14.2. The molecule has 0 aliphatic heterocycles. The molecule has 5 atom stereocenters. The molecule has 2 fully saturated rings. The third-order valence-corrected chi connectivity index (χ3v) is 11.2. The van der Waals surface area contributed by atoms with Gasteiger partial charge in [-0.2, -0.15) is 0 Å². The van der Waals surface area contributed by atoms with Crippen LogP contribution in [-0.2, 0) is 20.7 Å². The third-order valence-electron chi connectivity index (χ3n) is 11.2. The molecule has 244 valence electrons. The number of unbranched alkanes of at least 4 members (excludes halogenated alkanes) is 12. The number of carbonyl (C=O) groups excluding carboxylic acids is 2. The first-order valence-electron chi connectivity index (χ1n) is 18.2. The van der Waals surface area contributed by atoms with Gasteiger partial charge < -0.3 is 9.47 Å². The largest absolute Gasteiger partial charge is 0.462 e. The molecule has 0 aromatic heterocycles. The minimum atomic E-state index is -0.107. The number of esters is 2. The van der Waals surface area contributed by atoms with Crippen LogP contribution in [0.1, 0.15) is 159 Å². The molecule has 4 rings (SSSR count). The minimum Gasteiger partial charge on any atom is -0.462 e. The number of ether oxygens (including phenoxy) is 2. The Hall–Kier alpha value is -2.36. The smallest absolute Gasteiger partial charge is 0.311 e. The molecule has 44 heavy (non-hydrogen) atoms. The Kier molecular flexibility index (Phi) is 14.1. The van der Waals surface area contributed by atoms with Crippen LogP contribution in [0.3, 0.4) is 0 Å². The van der Waals surface area contributed by atoms with Crippen molar-refractivity contribution < 1.29 is 19.1 Å². The lowest BCUT2D eigenvalue weighted by Crippen LogP contribution is -2.45. The van der Waals surface area contributed by atoms with Crippen LogP contribution in [-0.4, -0.2) is 18.0 Å². The zero-order valence-corrected chi connectivity index (χ0v) is 27.8. The predicted octanol–water partition coefficient (Wildman–Crippen LogP) is 11.0. The van der Waals surface area contributed by atoms with E-state index in [9.17, 15) is 9.59 Å². The van der Waals surface area contributed by atoms with Crippen molar-refractivity contribution >= 4 is 11.9 Å². The van der Waals surface area contributed by atoms with Crippen LogP contribution in [0.25, 0.3) is 0 Å². The Balaban J connectivity index is 1.20. The van der Waals surface area contributed by atoms with Crippen molar-refractivity contribution in [1.29, 1.82) is 0 Å². The standard InChI is InChI=1S/C40H60O4/c1-4-6-8-10-12-14-16-18-20-38(41)43-32-23-25-33-31(30-32)22-24-35-34(33)28-29-40(3)36(35)26-27-37(40)44-39(42)21-19-17-15-13-11-9-7-5-2/h4-5,23,25,30,34-37H,1-2,6-22,24,26-29H2,3H3/t34-,35-,36+,37+,40+/m1/s1. The molecule has 3 aliphatic carbocycles. The number of aryl methyl sites for hydroxylation is 1. The highest BCUT2D eigenvalue weighted by Gasteiger charge is 2.56. The van der Waals surface area contributed by atoms with Crippen molar-refractivity contribution in [3.63, 3.8) is 0 Å². The summed E-state index contributed by atoms with van der Waals surface area (Å²) < 4.78 is 12.0. The van der Waals surface area contributed by atoms with Crippen molar-refractivity contribution in [3.05, 3.63) is 54.6 Å². The lowest BCUT2D eigenvalue weighted by molar-refractivity contribution is -0.157. The molecule has 0 spiro atoms. The van der Waals surface area contributed by atoms with Crippen LogP contribution in [0.5, 0.6) is 5.75 Å². The van der Waals surface area contributed by atoms with Gasteiger partial charge in [0.2, 0.25) is 0 Å². The van der Waals surface area contributed by atoms with Gasteiger partial charge >= 0.3 is 11.9 Å². The number of fused-ring (bicyclic) bond motifs is 5. The van der Waals surface area contributed by atoms with Crippen molar-refractivity contribution in [1.82, 2.24) is 0 Å². The summed E-state index contributed by atoms with van der Waals surface area (Å²) in [5.74, 6) is 2.44. The van der Waals surface area contributed by atoms with E-state index in [1.807, 2.05) is 18.2 Å². The molecule has 0 N–H and O–H groups in total. The van der Waals surface area contributed by atoms with Crippen molar-refractivity contribution in [3.8, 4) is 5.75 Å². The highest BCUT2D eigenvalue weighted by Crippen LogP contribution is 2.61. The summed E-state index contributed by atoms with van der Waals surface area (Å²) in [7, 11) is 0.